The Hall–Kier alpha value is -0.850. The Kier molecular flexibility index (Phi) is 2.10. The van der Waals surface area contributed by atoms with E-state index in [2.05, 4.69) is 38.0 Å². The molecule has 0 radical (unpaired) electrons. The van der Waals surface area contributed by atoms with Crippen LogP contribution in [0, 0.1) is 6.92 Å². The summed E-state index contributed by atoms with van der Waals surface area (Å²) in [5, 5.41) is 0. The Balaban J connectivity index is 2.31. The van der Waals surface area contributed by atoms with Crippen molar-refractivity contribution >= 4 is 0 Å². The molecule has 1 saturated carbocycles. The number of aryl methyl sites for hydroxylation is 1. The average Bonchev–Trinajstić information content (AvgIpc) is 2.85. The smallest absolute Gasteiger partial charge is 0.0437 e. The monoisotopic (exact) mass is 175 g/mol. The van der Waals surface area contributed by atoms with Crippen molar-refractivity contribution in [2.45, 2.75) is 45.4 Å². The molecule has 1 fully saturated rings. The van der Waals surface area contributed by atoms with Gasteiger partial charge in [0.15, 0.2) is 0 Å². The molecule has 70 valence electrons. The van der Waals surface area contributed by atoms with E-state index >= 15 is 0 Å². The first-order chi connectivity index (χ1) is 6.18. The van der Waals surface area contributed by atoms with Crippen LogP contribution in [0.5, 0.6) is 0 Å². The van der Waals surface area contributed by atoms with E-state index in [4.69, 9.17) is 0 Å². The highest BCUT2D eigenvalue weighted by Crippen LogP contribution is 2.39. The second kappa shape index (κ2) is 3.13. The molecular weight excluding hydrogens is 158 g/mol. The molecule has 0 bridgehead atoms. The molecule has 1 aromatic rings. The van der Waals surface area contributed by atoms with Crippen LogP contribution in [-0.4, -0.2) is 4.98 Å². The lowest BCUT2D eigenvalue weighted by Crippen LogP contribution is -1.96. The zero-order valence-electron chi connectivity index (χ0n) is 8.67. The van der Waals surface area contributed by atoms with Crippen LogP contribution in [0.25, 0.3) is 0 Å². The third-order valence-corrected chi connectivity index (χ3v) is 2.79. The first-order valence-corrected chi connectivity index (χ1v) is 5.15. The molecule has 2 rings (SSSR count). The van der Waals surface area contributed by atoms with Crippen molar-refractivity contribution in [1.82, 2.24) is 4.98 Å². The van der Waals surface area contributed by atoms with Gasteiger partial charge < -0.3 is 0 Å². The first kappa shape index (κ1) is 8.74. The first-order valence-electron chi connectivity index (χ1n) is 5.15. The fourth-order valence-electron chi connectivity index (χ4n) is 1.80. The molecule has 0 amide bonds. The van der Waals surface area contributed by atoms with Crippen molar-refractivity contribution in [2.75, 3.05) is 0 Å². The Morgan fingerprint density at radius 2 is 2.08 bits per heavy atom. The summed E-state index contributed by atoms with van der Waals surface area (Å²) >= 11 is 0. The molecular formula is C12H17N. The normalized spacial score (nSPS) is 16.6. The second-order valence-corrected chi connectivity index (χ2v) is 4.39. The molecule has 1 heteroatoms. The number of nitrogens with zero attached hydrogens (tertiary/aromatic N) is 1. The van der Waals surface area contributed by atoms with Crippen LogP contribution in [0.4, 0.5) is 0 Å². The third kappa shape index (κ3) is 1.74. The van der Waals surface area contributed by atoms with Crippen molar-refractivity contribution in [1.29, 1.82) is 0 Å². The molecule has 0 aliphatic heterocycles. The van der Waals surface area contributed by atoms with Gasteiger partial charge in [-0.05, 0) is 42.9 Å². The SMILES string of the molecule is Cc1cc(C2CC2)ncc1C(C)C. The molecule has 0 aromatic carbocycles. The summed E-state index contributed by atoms with van der Waals surface area (Å²) < 4.78 is 0. The Labute approximate surface area is 80.2 Å². The van der Waals surface area contributed by atoms with Gasteiger partial charge in [-0.2, -0.15) is 0 Å². The lowest BCUT2D eigenvalue weighted by atomic mass is 9.99. The second-order valence-electron chi connectivity index (χ2n) is 4.39. The zero-order chi connectivity index (χ0) is 9.42. The van der Waals surface area contributed by atoms with Crippen molar-refractivity contribution in [2.24, 2.45) is 0 Å². The summed E-state index contributed by atoms with van der Waals surface area (Å²) in [5.74, 6) is 1.38. The molecule has 1 aliphatic rings. The maximum Gasteiger partial charge on any atom is 0.0437 e. The largest absolute Gasteiger partial charge is 0.261 e. The van der Waals surface area contributed by atoms with Crippen LogP contribution < -0.4 is 0 Å². The van der Waals surface area contributed by atoms with E-state index in [1.807, 2.05) is 0 Å². The summed E-state index contributed by atoms with van der Waals surface area (Å²) in [5.41, 5.74) is 4.11. The zero-order valence-corrected chi connectivity index (χ0v) is 8.67. The summed E-state index contributed by atoms with van der Waals surface area (Å²) in [4.78, 5) is 4.52. The van der Waals surface area contributed by atoms with Gasteiger partial charge in [-0.15, -0.1) is 0 Å². The molecule has 0 atom stereocenters. The predicted molar refractivity (Wildman–Crippen MR) is 55.0 cm³/mol. The minimum atomic E-state index is 0.598. The highest BCUT2D eigenvalue weighted by molar-refractivity contribution is 5.30. The van der Waals surface area contributed by atoms with E-state index in [0.29, 0.717) is 5.92 Å². The predicted octanol–water partition coefficient (Wildman–Crippen LogP) is 3.39. The summed E-state index contributed by atoms with van der Waals surface area (Å²) in [6.07, 6.45) is 4.74. The Morgan fingerprint density at radius 1 is 1.38 bits per heavy atom. The van der Waals surface area contributed by atoms with Crippen LogP contribution >= 0.6 is 0 Å². The third-order valence-electron chi connectivity index (χ3n) is 2.79. The van der Waals surface area contributed by atoms with Gasteiger partial charge in [0.25, 0.3) is 0 Å². The van der Waals surface area contributed by atoms with Crippen LogP contribution in [0.1, 0.15) is 55.3 Å². The Bertz CT molecular complexity index is 311. The van der Waals surface area contributed by atoms with E-state index in [1.165, 1.54) is 29.7 Å². The summed E-state index contributed by atoms with van der Waals surface area (Å²) in [6.45, 7) is 6.64. The average molecular weight is 175 g/mol. The molecule has 1 heterocycles. The Morgan fingerprint density at radius 3 is 2.54 bits per heavy atom. The highest BCUT2D eigenvalue weighted by atomic mass is 14.7. The van der Waals surface area contributed by atoms with Crippen LogP contribution in [0.3, 0.4) is 0 Å². The van der Waals surface area contributed by atoms with Crippen molar-refractivity contribution in [3.63, 3.8) is 0 Å². The van der Waals surface area contributed by atoms with Crippen LogP contribution in [0.15, 0.2) is 12.3 Å². The van der Waals surface area contributed by atoms with Gasteiger partial charge in [0.2, 0.25) is 0 Å². The lowest BCUT2D eigenvalue weighted by molar-refractivity contribution is 0.838. The number of hydrogen-bond acceptors (Lipinski definition) is 1. The summed E-state index contributed by atoms with van der Waals surface area (Å²) in [6, 6.07) is 2.27. The van der Waals surface area contributed by atoms with E-state index in [0.717, 1.165) is 5.92 Å². The van der Waals surface area contributed by atoms with Gasteiger partial charge in [-0.3, -0.25) is 4.98 Å². The molecule has 13 heavy (non-hydrogen) atoms. The van der Waals surface area contributed by atoms with Gasteiger partial charge in [0, 0.05) is 17.8 Å². The molecule has 0 unspecified atom stereocenters. The minimum Gasteiger partial charge on any atom is -0.261 e. The molecule has 1 aliphatic carbocycles. The fourth-order valence-corrected chi connectivity index (χ4v) is 1.80. The number of hydrogen-bond donors (Lipinski definition) is 0. The molecule has 0 N–H and O–H groups in total. The quantitative estimate of drug-likeness (QED) is 0.671. The molecule has 0 saturated heterocycles. The van der Waals surface area contributed by atoms with Gasteiger partial charge >= 0.3 is 0 Å². The van der Waals surface area contributed by atoms with Gasteiger partial charge in [0.1, 0.15) is 0 Å². The number of rotatable bonds is 2. The van der Waals surface area contributed by atoms with Gasteiger partial charge in [-0.25, -0.2) is 0 Å². The van der Waals surface area contributed by atoms with Gasteiger partial charge in [-0.1, -0.05) is 13.8 Å². The number of pyridine rings is 1. The minimum absolute atomic E-state index is 0.598. The number of aromatic nitrogens is 1. The van der Waals surface area contributed by atoms with E-state index in [1.54, 1.807) is 0 Å². The molecule has 0 spiro atoms. The molecule has 1 nitrogen and oxygen atoms in total. The van der Waals surface area contributed by atoms with Crippen LogP contribution in [-0.2, 0) is 0 Å². The topological polar surface area (TPSA) is 12.9 Å². The van der Waals surface area contributed by atoms with Gasteiger partial charge in [0.05, 0.1) is 0 Å². The van der Waals surface area contributed by atoms with E-state index < -0.39 is 0 Å². The standard InChI is InChI=1S/C12H17N/c1-8(2)11-7-13-12(6-9(11)3)10-4-5-10/h6-8,10H,4-5H2,1-3H3. The maximum atomic E-state index is 4.52. The van der Waals surface area contributed by atoms with Crippen molar-refractivity contribution in [3.8, 4) is 0 Å². The lowest BCUT2D eigenvalue weighted by Gasteiger charge is -2.09. The van der Waals surface area contributed by atoms with E-state index in [-0.39, 0.29) is 0 Å². The van der Waals surface area contributed by atoms with E-state index in [9.17, 15) is 0 Å². The molecule has 1 aromatic heterocycles. The maximum absolute atomic E-state index is 4.52. The highest BCUT2D eigenvalue weighted by Gasteiger charge is 2.25. The van der Waals surface area contributed by atoms with Crippen molar-refractivity contribution < 1.29 is 0 Å². The van der Waals surface area contributed by atoms with Crippen LogP contribution in [0.2, 0.25) is 0 Å². The fraction of sp³-hybridized carbons (Fsp3) is 0.583. The van der Waals surface area contributed by atoms with Crippen molar-refractivity contribution in [3.05, 3.63) is 29.1 Å². The summed E-state index contributed by atoms with van der Waals surface area (Å²) in [7, 11) is 0.